The molecule has 0 aliphatic carbocycles. The fourth-order valence-electron chi connectivity index (χ4n) is 2.97. The Bertz CT molecular complexity index is 958. The number of carbonyl (C=O) groups is 2. The van der Waals surface area contributed by atoms with Gasteiger partial charge in [-0.15, -0.1) is 0 Å². The second-order valence-electron chi connectivity index (χ2n) is 6.45. The van der Waals surface area contributed by atoms with Gasteiger partial charge in [-0.1, -0.05) is 0 Å². The number of ether oxygens (including phenoxy) is 3. The first-order valence-corrected chi connectivity index (χ1v) is 9.10. The second kappa shape index (κ2) is 8.09. The highest BCUT2D eigenvalue weighted by Gasteiger charge is 2.27. The zero-order valence-electron chi connectivity index (χ0n) is 15.7. The molecule has 2 amide bonds. The van der Waals surface area contributed by atoms with Crippen LogP contribution in [0.2, 0.25) is 0 Å². The average Bonchev–Trinajstić information content (AvgIpc) is 2.74. The molecular formula is C20H20N4O5. The predicted molar refractivity (Wildman–Crippen MR) is 107 cm³/mol. The Morgan fingerprint density at radius 1 is 1.10 bits per heavy atom. The normalized spacial score (nSPS) is 17.6. The van der Waals surface area contributed by atoms with Crippen LogP contribution in [-0.2, 0) is 9.59 Å². The highest BCUT2D eigenvalue weighted by atomic mass is 16.6. The van der Waals surface area contributed by atoms with Gasteiger partial charge in [-0.2, -0.15) is 0 Å². The molecule has 9 nitrogen and oxygen atoms in total. The summed E-state index contributed by atoms with van der Waals surface area (Å²) in [6.07, 6.45) is -0.0375. The quantitative estimate of drug-likeness (QED) is 0.726. The van der Waals surface area contributed by atoms with Gasteiger partial charge in [0.1, 0.15) is 25.0 Å². The molecule has 1 atom stereocenters. The molecule has 0 radical (unpaired) electrons. The molecule has 1 unspecified atom stereocenters. The lowest BCUT2D eigenvalue weighted by molar-refractivity contribution is -0.124. The molecule has 2 aromatic rings. The summed E-state index contributed by atoms with van der Waals surface area (Å²) in [5.41, 5.74) is 1.25. The van der Waals surface area contributed by atoms with Gasteiger partial charge in [0.25, 0.3) is 0 Å². The van der Waals surface area contributed by atoms with E-state index >= 15 is 0 Å². The Hall–Kier alpha value is -3.75. The largest absolute Gasteiger partial charge is 0.497 e. The summed E-state index contributed by atoms with van der Waals surface area (Å²) in [4.78, 5) is 29.0. The summed E-state index contributed by atoms with van der Waals surface area (Å²) in [5.74, 6) is 1.45. The van der Waals surface area contributed by atoms with E-state index in [0.717, 1.165) is 0 Å². The third-order valence-corrected chi connectivity index (χ3v) is 4.39. The van der Waals surface area contributed by atoms with Gasteiger partial charge >= 0.3 is 0 Å². The summed E-state index contributed by atoms with van der Waals surface area (Å²) in [5, 5.41) is 8.41. The summed E-state index contributed by atoms with van der Waals surface area (Å²) in [6.45, 7) is 0.951. The summed E-state index contributed by atoms with van der Waals surface area (Å²) in [7, 11) is 1.58. The van der Waals surface area contributed by atoms with Crippen LogP contribution in [0.5, 0.6) is 17.2 Å². The Morgan fingerprint density at radius 3 is 2.59 bits per heavy atom. The molecule has 0 spiro atoms. The number of anilines is 2. The third kappa shape index (κ3) is 4.40. The monoisotopic (exact) mass is 396 g/mol. The van der Waals surface area contributed by atoms with Crippen molar-refractivity contribution in [2.75, 3.05) is 31.0 Å². The van der Waals surface area contributed by atoms with Crippen molar-refractivity contribution in [3.63, 3.8) is 0 Å². The lowest BCUT2D eigenvalue weighted by Gasteiger charge is -2.22. The van der Waals surface area contributed by atoms with Crippen molar-refractivity contribution in [2.45, 2.75) is 12.5 Å². The predicted octanol–water partition coefficient (Wildman–Crippen LogP) is 1.76. The van der Waals surface area contributed by atoms with Crippen LogP contribution >= 0.6 is 0 Å². The van der Waals surface area contributed by atoms with Gasteiger partial charge < -0.3 is 24.8 Å². The number of methoxy groups -OCH3 is 1. The van der Waals surface area contributed by atoms with Gasteiger partial charge in [-0.3, -0.25) is 14.9 Å². The number of hydrogen-bond acceptors (Lipinski definition) is 7. The number of aliphatic imine (C=N–C) groups is 1. The van der Waals surface area contributed by atoms with Crippen molar-refractivity contribution in [2.24, 2.45) is 4.99 Å². The van der Waals surface area contributed by atoms with Crippen molar-refractivity contribution in [1.82, 2.24) is 5.32 Å². The minimum absolute atomic E-state index is 0.0375. The molecule has 2 aliphatic rings. The second-order valence-corrected chi connectivity index (χ2v) is 6.45. The van der Waals surface area contributed by atoms with E-state index in [1.165, 1.54) is 0 Å². The number of guanidine groups is 1. The minimum atomic E-state index is -0.849. The topological polar surface area (TPSA) is 110 Å². The van der Waals surface area contributed by atoms with E-state index in [2.05, 4.69) is 20.9 Å². The van der Waals surface area contributed by atoms with E-state index in [4.69, 9.17) is 14.2 Å². The molecule has 0 saturated carbocycles. The van der Waals surface area contributed by atoms with E-state index < -0.39 is 6.04 Å². The number of fused-ring (bicyclic) bond motifs is 1. The third-order valence-electron chi connectivity index (χ3n) is 4.39. The molecule has 2 aromatic carbocycles. The van der Waals surface area contributed by atoms with E-state index in [-0.39, 0.29) is 24.2 Å². The van der Waals surface area contributed by atoms with Crippen LogP contribution in [0.4, 0.5) is 11.4 Å². The molecule has 0 saturated heterocycles. The fraction of sp³-hybridized carbons (Fsp3) is 0.250. The Kier molecular flexibility index (Phi) is 5.19. The van der Waals surface area contributed by atoms with E-state index in [9.17, 15) is 9.59 Å². The SMILES string of the molecule is COc1ccc(NC2=NC(C(=O)Nc3ccc4c(c3)OCCO4)CC(=O)N2)cc1. The molecule has 150 valence electrons. The van der Waals surface area contributed by atoms with Gasteiger partial charge in [0.2, 0.25) is 17.8 Å². The number of benzene rings is 2. The first-order valence-electron chi connectivity index (χ1n) is 9.10. The van der Waals surface area contributed by atoms with Crippen molar-refractivity contribution >= 4 is 29.1 Å². The summed E-state index contributed by atoms with van der Waals surface area (Å²) >= 11 is 0. The minimum Gasteiger partial charge on any atom is -0.497 e. The van der Waals surface area contributed by atoms with Gasteiger partial charge in [-0.05, 0) is 36.4 Å². The van der Waals surface area contributed by atoms with Crippen molar-refractivity contribution < 1.29 is 23.8 Å². The van der Waals surface area contributed by atoms with Crippen LogP contribution in [0.3, 0.4) is 0 Å². The van der Waals surface area contributed by atoms with Crippen LogP contribution in [-0.4, -0.2) is 44.1 Å². The maximum atomic E-state index is 12.6. The van der Waals surface area contributed by atoms with E-state index in [1.54, 1.807) is 49.6 Å². The van der Waals surface area contributed by atoms with Gasteiger partial charge in [-0.25, -0.2) is 4.99 Å². The first-order chi connectivity index (χ1) is 14.1. The molecule has 29 heavy (non-hydrogen) atoms. The fourth-order valence-corrected chi connectivity index (χ4v) is 2.97. The number of amides is 2. The van der Waals surface area contributed by atoms with Crippen LogP contribution in [0, 0.1) is 0 Å². The summed E-state index contributed by atoms with van der Waals surface area (Å²) in [6, 6.07) is 11.4. The Morgan fingerprint density at radius 2 is 1.83 bits per heavy atom. The lowest BCUT2D eigenvalue weighted by Crippen LogP contribution is -2.45. The number of hydrogen-bond donors (Lipinski definition) is 3. The number of nitrogens with zero attached hydrogens (tertiary/aromatic N) is 1. The molecule has 0 fully saturated rings. The molecular weight excluding hydrogens is 376 g/mol. The van der Waals surface area contributed by atoms with Crippen LogP contribution in [0.15, 0.2) is 47.5 Å². The zero-order chi connectivity index (χ0) is 20.2. The van der Waals surface area contributed by atoms with Gasteiger partial charge in [0, 0.05) is 17.4 Å². The van der Waals surface area contributed by atoms with Crippen LogP contribution in [0.1, 0.15) is 6.42 Å². The van der Waals surface area contributed by atoms with E-state index in [1.807, 2.05) is 0 Å². The van der Waals surface area contributed by atoms with E-state index in [0.29, 0.717) is 41.8 Å². The van der Waals surface area contributed by atoms with Crippen molar-refractivity contribution in [1.29, 1.82) is 0 Å². The molecule has 2 heterocycles. The summed E-state index contributed by atoms with van der Waals surface area (Å²) < 4.78 is 16.1. The highest BCUT2D eigenvalue weighted by molar-refractivity contribution is 6.10. The highest BCUT2D eigenvalue weighted by Crippen LogP contribution is 2.32. The van der Waals surface area contributed by atoms with Crippen LogP contribution in [0.25, 0.3) is 0 Å². The molecule has 4 rings (SSSR count). The molecule has 2 aliphatic heterocycles. The zero-order valence-corrected chi connectivity index (χ0v) is 15.7. The maximum Gasteiger partial charge on any atom is 0.249 e. The first kappa shape index (κ1) is 18.6. The molecule has 9 heteroatoms. The standard InChI is InChI=1S/C20H20N4O5/c1-27-14-5-2-12(3-6-14)22-20-23-15(11-18(25)24-20)19(26)21-13-4-7-16-17(10-13)29-9-8-28-16/h2-7,10,15H,8-9,11H2,1H3,(H,21,26)(H2,22,23,24,25). The lowest BCUT2D eigenvalue weighted by atomic mass is 10.1. The molecule has 0 bridgehead atoms. The van der Waals surface area contributed by atoms with Gasteiger partial charge in [0.05, 0.1) is 13.5 Å². The number of carbonyl (C=O) groups excluding carboxylic acids is 2. The Balaban J connectivity index is 1.45. The Labute approximate surface area is 167 Å². The van der Waals surface area contributed by atoms with Gasteiger partial charge in [0.15, 0.2) is 11.5 Å². The van der Waals surface area contributed by atoms with Crippen LogP contribution < -0.4 is 30.2 Å². The van der Waals surface area contributed by atoms with Crippen molar-refractivity contribution in [3.05, 3.63) is 42.5 Å². The molecule has 3 N–H and O–H groups in total. The smallest absolute Gasteiger partial charge is 0.249 e. The number of nitrogens with one attached hydrogen (secondary N) is 3. The van der Waals surface area contributed by atoms with Crippen molar-refractivity contribution in [3.8, 4) is 17.2 Å². The maximum absolute atomic E-state index is 12.6. The average molecular weight is 396 g/mol. The molecule has 0 aromatic heterocycles. The number of rotatable bonds is 4.